The van der Waals surface area contributed by atoms with Crippen LogP contribution in [0.15, 0.2) is 41.7 Å². The second-order valence-corrected chi connectivity index (χ2v) is 6.64. The largest absolute Gasteiger partial charge is 0.390 e. The SMILES string of the molecule is CC(C)NC(=O)Cn1c(CO)cnc1SCCc1ccccc1. The molecule has 124 valence electrons. The number of hydrogen-bond acceptors (Lipinski definition) is 4. The minimum Gasteiger partial charge on any atom is -0.390 e. The average Bonchev–Trinajstić information content (AvgIpc) is 2.89. The normalized spacial score (nSPS) is 11.0. The Morgan fingerprint density at radius 3 is 2.74 bits per heavy atom. The predicted molar refractivity (Wildman–Crippen MR) is 92.3 cm³/mol. The summed E-state index contributed by atoms with van der Waals surface area (Å²) in [6.07, 6.45) is 2.57. The molecule has 5 nitrogen and oxygen atoms in total. The molecule has 0 saturated carbocycles. The first kappa shape index (κ1) is 17.6. The number of benzene rings is 1. The van der Waals surface area contributed by atoms with Crippen molar-refractivity contribution < 1.29 is 9.90 Å². The zero-order valence-electron chi connectivity index (χ0n) is 13.5. The number of nitrogens with one attached hydrogen (secondary N) is 1. The summed E-state index contributed by atoms with van der Waals surface area (Å²) in [5.41, 5.74) is 1.93. The number of amides is 1. The van der Waals surface area contributed by atoms with Crippen LogP contribution in [0.1, 0.15) is 25.1 Å². The van der Waals surface area contributed by atoms with Crippen molar-refractivity contribution in [1.82, 2.24) is 14.9 Å². The van der Waals surface area contributed by atoms with Gasteiger partial charge in [-0.3, -0.25) is 4.79 Å². The van der Waals surface area contributed by atoms with Gasteiger partial charge in [-0.1, -0.05) is 42.1 Å². The third-order valence-electron chi connectivity index (χ3n) is 3.28. The van der Waals surface area contributed by atoms with Crippen LogP contribution in [0.25, 0.3) is 0 Å². The van der Waals surface area contributed by atoms with E-state index in [4.69, 9.17) is 0 Å². The average molecular weight is 333 g/mol. The zero-order valence-corrected chi connectivity index (χ0v) is 14.3. The van der Waals surface area contributed by atoms with Gasteiger partial charge in [0.05, 0.1) is 18.5 Å². The Bertz CT molecular complexity index is 626. The monoisotopic (exact) mass is 333 g/mol. The molecule has 1 aromatic heterocycles. The highest BCUT2D eigenvalue weighted by molar-refractivity contribution is 7.99. The van der Waals surface area contributed by atoms with Crippen molar-refractivity contribution >= 4 is 17.7 Å². The number of aliphatic hydroxyl groups is 1. The van der Waals surface area contributed by atoms with Crippen LogP contribution in [0, 0.1) is 0 Å². The van der Waals surface area contributed by atoms with E-state index in [0.29, 0.717) is 5.69 Å². The van der Waals surface area contributed by atoms with E-state index >= 15 is 0 Å². The van der Waals surface area contributed by atoms with Gasteiger partial charge in [-0.2, -0.15) is 0 Å². The first-order valence-electron chi connectivity index (χ1n) is 7.71. The number of hydrogen-bond donors (Lipinski definition) is 2. The minimum atomic E-state index is -0.124. The highest BCUT2D eigenvalue weighted by atomic mass is 32.2. The molecule has 0 radical (unpaired) electrons. The smallest absolute Gasteiger partial charge is 0.240 e. The van der Waals surface area contributed by atoms with Crippen LogP contribution in [-0.2, 0) is 24.4 Å². The standard InChI is InChI=1S/C17H23N3O2S/c1-13(2)19-16(22)11-20-15(12-21)10-18-17(20)23-9-8-14-6-4-3-5-7-14/h3-7,10,13,21H,8-9,11-12H2,1-2H3,(H,19,22). The number of aliphatic hydroxyl groups excluding tert-OH is 1. The van der Waals surface area contributed by atoms with Gasteiger partial charge in [0.25, 0.3) is 0 Å². The third kappa shape index (κ3) is 5.41. The lowest BCUT2D eigenvalue weighted by Crippen LogP contribution is -2.33. The second kappa shape index (κ2) is 8.74. The lowest BCUT2D eigenvalue weighted by atomic mass is 10.2. The number of aromatic nitrogens is 2. The molecule has 1 aromatic carbocycles. The number of imidazole rings is 1. The molecule has 2 rings (SSSR count). The second-order valence-electron chi connectivity index (χ2n) is 5.58. The zero-order chi connectivity index (χ0) is 16.7. The van der Waals surface area contributed by atoms with Crippen molar-refractivity contribution in [2.24, 2.45) is 0 Å². The van der Waals surface area contributed by atoms with Gasteiger partial charge < -0.3 is 15.0 Å². The van der Waals surface area contributed by atoms with Crippen LogP contribution >= 0.6 is 11.8 Å². The molecule has 0 aliphatic carbocycles. The summed E-state index contributed by atoms with van der Waals surface area (Å²) in [5.74, 6) is 0.801. The predicted octanol–water partition coefficient (Wildman–Crippen LogP) is 2.23. The van der Waals surface area contributed by atoms with E-state index < -0.39 is 0 Å². The third-order valence-corrected chi connectivity index (χ3v) is 4.27. The molecule has 0 fully saturated rings. The van der Waals surface area contributed by atoms with Crippen molar-refractivity contribution in [1.29, 1.82) is 0 Å². The molecule has 0 aliphatic rings. The van der Waals surface area contributed by atoms with Crippen molar-refractivity contribution in [2.75, 3.05) is 5.75 Å². The van der Waals surface area contributed by atoms with Gasteiger partial charge in [0, 0.05) is 11.8 Å². The Morgan fingerprint density at radius 2 is 2.09 bits per heavy atom. The van der Waals surface area contributed by atoms with Crippen LogP contribution < -0.4 is 5.32 Å². The van der Waals surface area contributed by atoms with Crippen LogP contribution in [0.5, 0.6) is 0 Å². The Hall–Kier alpha value is -1.79. The lowest BCUT2D eigenvalue weighted by Gasteiger charge is -2.12. The van der Waals surface area contributed by atoms with Crippen LogP contribution in [0.4, 0.5) is 0 Å². The molecule has 6 heteroatoms. The topological polar surface area (TPSA) is 67.2 Å². The molecule has 1 heterocycles. The fourth-order valence-corrected chi connectivity index (χ4v) is 3.20. The molecule has 0 bridgehead atoms. The molecule has 23 heavy (non-hydrogen) atoms. The maximum absolute atomic E-state index is 12.0. The summed E-state index contributed by atoms with van der Waals surface area (Å²) >= 11 is 1.60. The van der Waals surface area contributed by atoms with E-state index in [1.54, 1.807) is 22.5 Å². The Balaban J connectivity index is 1.98. The van der Waals surface area contributed by atoms with Crippen LogP contribution in [0.2, 0.25) is 0 Å². The molecular formula is C17H23N3O2S. The highest BCUT2D eigenvalue weighted by Crippen LogP contribution is 2.20. The molecule has 2 aromatic rings. The first-order chi connectivity index (χ1) is 11.1. The number of thioether (sulfide) groups is 1. The van der Waals surface area contributed by atoms with Gasteiger partial charge in [0.2, 0.25) is 5.91 Å². The summed E-state index contributed by atoms with van der Waals surface area (Å²) in [7, 11) is 0. The molecule has 0 spiro atoms. The lowest BCUT2D eigenvalue weighted by molar-refractivity contribution is -0.122. The molecule has 0 atom stereocenters. The van der Waals surface area contributed by atoms with Crippen molar-refractivity contribution in [3.05, 3.63) is 47.8 Å². The number of carbonyl (C=O) groups is 1. The molecule has 2 N–H and O–H groups in total. The summed E-state index contributed by atoms with van der Waals surface area (Å²) in [4.78, 5) is 16.3. The summed E-state index contributed by atoms with van der Waals surface area (Å²) in [6, 6.07) is 10.4. The van der Waals surface area contributed by atoms with Gasteiger partial charge in [-0.25, -0.2) is 4.98 Å². The number of nitrogens with zero attached hydrogens (tertiary/aromatic N) is 2. The summed E-state index contributed by atoms with van der Waals surface area (Å²) < 4.78 is 1.79. The maximum Gasteiger partial charge on any atom is 0.240 e. The molecule has 0 unspecified atom stereocenters. The van der Waals surface area contributed by atoms with E-state index in [1.165, 1.54) is 5.56 Å². The van der Waals surface area contributed by atoms with E-state index in [9.17, 15) is 9.90 Å². The number of rotatable bonds is 8. The van der Waals surface area contributed by atoms with E-state index in [0.717, 1.165) is 17.3 Å². The van der Waals surface area contributed by atoms with E-state index in [2.05, 4.69) is 22.4 Å². The van der Waals surface area contributed by atoms with Gasteiger partial charge in [0.15, 0.2) is 5.16 Å². The van der Waals surface area contributed by atoms with Gasteiger partial charge >= 0.3 is 0 Å². The Kier molecular flexibility index (Phi) is 6.67. The van der Waals surface area contributed by atoms with Crippen molar-refractivity contribution in [3.8, 4) is 0 Å². The molecular weight excluding hydrogens is 310 g/mol. The molecule has 1 amide bonds. The van der Waals surface area contributed by atoms with E-state index in [1.807, 2.05) is 32.0 Å². The van der Waals surface area contributed by atoms with Crippen LogP contribution in [0.3, 0.4) is 0 Å². The van der Waals surface area contributed by atoms with Crippen molar-refractivity contribution in [2.45, 2.75) is 44.6 Å². The molecule has 0 aliphatic heterocycles. The van der Waals surface area contributed by atoms with E-state index in [-0.39, 0.29) is 25.1 Å². The fraction of sp³-hybridized carbons (Fsp3) is 0.412. The van der Waals surface area contributed by atoms with Crippen molar-refractivity contribution in [3.63, 3.8) is 0 Å². The minimum absolute atomic E-state index is 0.0717. The first-order valence-corrected chi connectivity index (χ1v) is 8.70. The maximum atomic E-state index is 12.0. The highest BCUT2D eigenvalue weighted by Gasteiger charge is 2.13. The van der Waals surface area contributed by atoms with Gasteiger partial charge in [-0.05, 0) is 25.8 Å². The number of carbonyl (C=O) groups excluding carboxylic acids is 1. The van der Waals surface area contributed by atoms with Gasteiger partial charge in [0.1, 0.15) is 6.54 Å². The fourth-order valence-electron chi connectivity index (χ4n) is 2.22. The Morgan fingerprint density at radius 1 is 1.35 bits per heavy atom. The summed E-state index contributed by atoms with van der Waals surface area (Å²) in [6.45, 7) is 3.91. The number of aryl methyl sites for hydroxylation is 1. The molecule has 0 saturated heterocycles. The Labute approximate surface area is 141 Å². The van der Waals surface area contributed by atoms with Crippen LogP contribution in [-0.4, -0.2) is 32.4 Å². The summed E-state index contributed by atoms with van der Waals surface area (Å²) in [5, 5.41) is 13.1. The van der Waals surface area contributed by atoms with Gasteiger partial charge in [-0.15, -0.1) is 0 Å². The quantitative estimate of drug-likeness (QED) is 0.727.